The van der Waals surface area contributed by atoms with Crippen molar-refractivity contribution >= 4 is 49.5 Å². The summed E-state index contributed by atoms with van der Waals surface area (Å²) in [5, 5.41) is 11.9. The van der Waals surface area contributed by atoms with Crippen molar-refractivity contribution in [1.82, 2.24) is 10.2 Å². The van der Waals surface area contributed by atoms with Crippen LogP contribution in [0, 0.1) is 0 Å². The van der Waals surface area contributed by atoms with Gasteiger partial charge in [-0.15, -0.1) is 20.4 Å². The minimum Gasteiger partial charge on any atom is -0.388 e. The van der Waals surface area contributed by atoms with E-state index in [0.29, 0.717) is 24.1 Å². The maximum absolute atomic E-state index is 13.1. The van der Waals surface area contributed by atoms with Gasteiger partial charge in [0, 0.05) is 17.8 Å². The normalized spacial score (nSPS) is 17.0. The number of esters is 1. The summed E-state index contributed by atoms with van der Waals surface area (Å²) in [4.78, 5) is 13.5. The first-order chi connectivity index (χ1) is 17.7. The van der Waals surface area contributed by atoms with Crippen molar-refractivity contribution in [2.75, 3.05) is 9.62 Å². The van der Waals surface area contributed by atoms with E-state index in [0.717, 1.165) is 6.07 Å². The van der Waals surface area contributed by atoms with Gasteiger partial charge in [0.15, 0.2) is 0 Å². The van der Waals surface area contributed by atoms with Crippen LogP contribution in [0.5, 0.6) is 0 Å². The molecule has 0 spiro atoms. The van der Waals surface area contributed by atoms with Crippen molar-refractivity contribution < 1.29 is 53.1 Å². The van der Waals surface area contributed by atoms with Crippen molar-refractivity contribution in [2.24, 2.45) is 10.2 Å². The van der Waals surface area contributed by atoms with Crippen LogP contribution in [-0.4, -0.2) is 54.5 Å². The number of halogens is 8. The van der Waals surface area contributed by atoms with E-state index in [-0.39, 0.29) is 23.4 Å². The second-order valence-electron chi connectivity index (χ2n) is 8.43. The largest absolute Gasteiger partial charge is 0.516 e. The summed E-state index contributed by atoms with van der Waals surface area (Å²) in [5.41, 5.74) is -5.63. The number of nitrogens with one attached hydrogen (secondary N) is 1. The molecule has 1 aromatic heterocycles. The van der Waals surface area contributed by atoms with Gasteiger partial charge in [0.1, 0.15) is 5.69 Å². The quantitative estimate of drug-likeness (QED) is 0.229. The Kier molecular flexibility index (Phi) is 8.13. The summed E-state index contributed by atoms with van der Waals surface area (Å²) in [6.07, 6.45) is -10.9. The molecule has 10 nitrogen and oxygen atoms in total. The molecule has 1 atom stereocenters. The van der Waals surface area contributed by atoms with E-state index in [1.54, 1.807) is 0 Å². The van der Waals surface area contributed by atoms with Gasteiger partial charge in [-0.2, -0.15) is 43.5 Å². The lowest BCUT2D eigenvalue weighted by molar-refractivity contribution is -0.370. The van der Waals surface area contributed by atoms with E-state index < -0.39 is 55.3 Å². The smallest absolute Gasteiger partial charge is 0.388 e. The first-order valence-corrected chi connectivity index (χ1v) is 13.0. The van der Waals surface area contributed by atoms with Gasteiger partial charge in [-0.1, -0.05) is 11.3 Å². The van der Waals surface area contributed by atoms with Crippen LogP contribution in [0.25, 0.3) is 0 Å². The van der Waals surface area contributed by atoms with Crippen molar-refractivity contribution in [2.45, 2.75) is 63.5 Å². The molecular formula is C19H18F8N6O4S2. The van der Waals surface area contributed by atoms with Crippen molar-refractivity contribution in [1.29, 1.82) is 0 Å². The lowest BCUT2D eigenvalue weighted by Crippen LogP contribution is -2.42. The monoisotopic (exact) mass is 610 g/mol. The fourth-order valence-corrected chi connectivity index (χ4v) is 4.72. The van der Waals surface area contributed by atoms with Crippen LogP contribution in [-0.2, 0) is 21.2 Å². The van der Waals surface area contributed by atoms with Crippen LogP contribution in [0.15, 0.2) is 22.4 Å². The van der Waals surface area contributed by atoms with Gasteiger partial charge in [-0.25, -0.2) is 4.79 Å². The van der Waals surface area contributed by atoms with Crippen molar-refractivity contribution in [3.05, 3.63) is 22.7 Å². The first kappa shape index (κ1) is 30.4. The third-order valence-electron chi connectivity index (χ3n) is 5.27. The molecule has 0 radical (unpaired) electrons. The lowest BCUT2D eigenvalue weighted by atomic mass is 9.94. The van der Waals surface area contributed by atoms with Crippen LogP contribution in [0.4, 0.5) is 57.3 Å². The zero-order chi connectivity index (χ0) is 29.6. The number of anilines is 2. The molecule has 0 saturated carbocycles. The number of azo groups is 1. The Hall–Kier alpha value is -3.16. The molecule has 0 aliphatic carbocycles. The number of sulfonamides is 1. The molecule has 216 valence electrons. The van der Waals surface area contributed by atoms with Gasteiger partial charge in [-0.3, -0.25) is 4.72 Å². The number of carbonyl (C=O) groups is 1. The predicted octanol–water partition coefficient (Wildman–Crippen LogP) is 6.08. The molecule has 1 unspecified atom stereocenters. The number of nitrogens with zero attached hydrogens (tertiary/aromatic N) is 5. The SMILES string of the molecule is CC(C)N1c2cc(NS(=O)(=O)C(F)(F)F)c(N=Nc3nnc(C(=O)OC(F)(F)C(F)(F)F)s3)cc2CCC1C. The molecule has 0 fully saturated rings. The van der Waals surface area contributed by atoms with Crippen LogP contribution in [0.3, 0.4) is 0 Å². The number of benzene rings is 1. The van der Waals surface area contributed by atoms with Gasteiger partial charge >= 0.3 is 33.8 Å². The topological polar surface area (TPSA) is 126 Å². The molecule has 20 heteroatoms. The summed E-state index contributed by atoms with van der Waals surface area (Å²) >= 11 is 0.0834. The van der Waals surface area contributed by atoms with Crippen molar-refractivity contribution in [3.8, 4) is 0 Å². The lowest BCUT2D eigenvalue weighted by Gasteiger charge is -2.40. The third kappa shape index (κ3) is 6.53. The Labute approximate surface area is 219 Å². The Bertz CT molecular complexity index is 1370. The first-order valence-electron chi connectivity index (χ1n) is 10.7. The summed E-state index contributed by atoms with van der Waals surface area (Å²) in [6, 6.07) is 2.31. The number of hydrogen-bond acceptors (Lipinski definition) is 10. The molecule has 0 amide bonds. The summed E-state index contributed by atoms with van der Waals surface area (Å²) in [5.74, 6) is -2.17. The number of alkyl halides is 8. The number of aryl methyl sites for hydroxylation is 1. The number of hydrogen-bond donors (Lipinski definition) is 1. The number of ether oxygens (including phenoxy) is 1. The van der Waals surface area contributed by atoms with Crippen LogP contribution in [0.2, 0.25) is 0 Å². The molecule has 0 bridgehead atoms. The van der Waals surface area contributed by atoms with Gasteiger partial charge in [0.2, 0.25) is 5.01 Å². The maximum Gasteiger partial charge on any atom is 0.516 e. The number of fused-ring (bicyclic) bond motifs is 1. The summed E-state index contributed by atoms with van der Waals surface area (Å²) in [6.45, 7) is 5.56. The number of aromatic nitrogens is 2. The molecular weight excluding hydrogens is 592 g/mol. The highest BCUT2D eigenvalue weighted by Gasteiger charge is 2.62. The third-order valence-corrected chi connectivity index (χ3v) is 7.16. The summed E-state index contributed by atoms with van der Waals surface area (Å²) < 4.78 is 130. The van der Waals surface area contributed by atoms with Gasteiger partial charge in [0.25, 0.3) is 5.13 Å². The zero-order valence-electron chi connectivity index (χ0n) is 19.9. The fourth-order valence-electron chi connectivity index (χ4n) is 3.61. The Morgan fingerprint density at radius 3 is 2.33 bits per heavy atom. The summed E-state index contributed by atoms with van der Waals surface area (Å²) in [7, 11) is -5.89. The van der Waals surface area contributed by atoms with E-state index in [4.69, 9.17) is 0 Å². The Morgan fingerprint density at radius 1 is 1.13 bits per heavy atom. The van der Waals surface area contributed by atoms with Crippen molar-refractivity contribution in [3.63, 3.8) is 0 Å². The van der Waals surface area contributed by atoms with Crippen LogP contribution in [0.1, 0.15) is 42.6 Å². The molecule has 1 aliphatic heterocycles. The number of rotatable bonds is 7. The van der Waals surface area contributed by atoms with E-state index in [2.05, 4.69) is 25.2 Å². The maximum atomic E-state index is 13.1. The van der Waals surface area contributed by atoms with Crippen LogP contribution < -0.4 is 9.62 Å². The molecule has 2 heterocycles. The molecule has 39 heavy (non-hydrogen) atoms. The highest BCUT2D eigenvalue weighted by molar-refractivity contribution is 7.93. The van der Waals surface area contributed by atoms with E-state index in [9.17, 15) is 48.3 Å². The predicted molar refractivity (Wildman–Crippen MR) is 121 cm³/mol. The average molecular weight is 611 g/mol. The standard InChI is InChI=1S/C19H18F8N6O4S2/c1-8(2)33-9(3)4-5-10-6-11(12(7-13(10)33)32-39(35,36)19(25,26)27)28-30-16-31-29-14(38-16)15(34)37-18(23,24)17(20,21)22/h6-9,32H,4-5H2,1-3H3. The van der Waals surface area contributed by atoms with E-state index in [1.807, 2.05) is 25.7 Å². The van der Waals surface area contributed by atoms with E-state index >= 15 is 0 Å². The Morgan fingerprint density at radius 2 is 1.77 bits per heavy atom. The molecule has 0 saturated heterocycles. The highest BCUT2D eigenvalue weighted by atomic mass is 32.2. The zero-order valence-corrected chi connectivity index (χ0v) is 21.6. The fraction of sp³-hybridized carbons (Fsp3) is 0.526. The molecule has 1 N–H and O–H groups in total. The minimum atomic E-state index is -6.19. The number of carbonyl (C=O) groups excluding carboxylic acids is 1. The van der Waals surface area contributed by atoms with Gasteiger partial charge < -0.3 is 9.64 Å². The second kappa shape index (κ2) is 10.4. The molecule has 1 aliphatic rings. The van der Waals surface area contributed by atoms with Gasteiger partial charge in [-0.05, 0) is 51.3 Å². The second-order valence-corrected chi connectivity index (χ2v) is 11.1. The van der Waals surface area contributed by atoms with Crippen LogP contribution >= 0.6 is 11.3 Å². The molecule has 2 aromatic rings. The average Bonchev–Trinajstić information content (AvgIpc) is 3.24. The highest BCUT2D eigenvalue weighted by Crippen LogP contribution is 2.42. The van der Waals surface area contributed by atoms with Gasteiger partial charge in [0.05, 0.1) is 5.69 Å². The molecule has 1 aromatic carbocycles. The molecule has 3 rings (SSSR count). The Balaban J connectivity index is 1.99. The van der Waals surface area contributed by atoms with E-state index in [1.165, 1.54) is 10.8 Å². The minimum absolute atomic E-state index is 0.0265.